The zero-order chi connectivity index (χ0) is 20.4. The third-order valence-corrected chi connectivity index (χ3v) is 6.22. The first kappa shape index (κ1) is 19.6. The number of hydrogen-bond acceptors (Lipinski definition) is 5. The van der Waals surface area contributed by atoms with Crippen molar-refractivity contribution in [2.45, 2.75) is 44.0 Å². The SMILES string of the molecule is Cc1ccc(-n2c(S[C@H](C)C(=O)N3CCCC3)nnc2-c2cccnc2)c(C)c1. The summed E-state index contributed by atoms with van der Waals surface area (Å²) in [5.41, 5.74) is 4.25. The number of rotatable bonds is 5. The van der Waals surface area contributed by atoms with Crippen molar-refractivity contribution >= 4 is 17.7 Å². The van der Waals surface area contributed by atoms with Crippen molar-refractivity contribution < 1.29 is 4.79 Å². The van der Waals surface area contributed by atoms with Crippen LogP contribution in [0.15, 0.2) is 47.9 Å². The minimum absolute atomic E-state index is 0.172. The van der Waals surface area contributed by atoms with Crippen molar-refractivity contribution in [1.82, 2.24) is 24.6 Å². The summed E-state index contributed by atoms with van der Waals surface area (Å²) in [6.07, 6.45) is 5.71. The maximum atomic E-state index is 12.8. The Labute approximate surface area is 175 Å². The molecule has 0 saturated carbocycles. The minimum Gasteiger partial charge on any atom is -0.342 e. The van der Waals surface area contributed by atoms with E-state index in [0.717, 1.165) is 53.7 Å². The summed E-state index contributed by atoms with van der Waals surface area (Å²) in [6, 6.07) is 10.2. The molecule has 150 valence electrons. The van der Waals surface area contributed by atoms with E-state index in [0.29, 0.717) is 0 Å². The summed E-state index contributed by atoms with van der Waals surface area (Å²) in [7, 11) is 0. The van der Waals surface area contributed by atoms with E-state index in [1.54, 1.807) is 12.4 Å². The van der Waals surface area contributed by atoms with Crippen LogP contribution in [-0.2, 0) is 4.79 Å². The Morgan fingerprint density at radius 1 is 1.14 bits per heavy atom. The first-order valence-electron chi connectivity index (χ1n) is 9.93. The van der Waals surface area contributed by atoms with Gasteiger partial charge in [0.1, 0.15) is 0 Å². The number of likely N-dealkylation sites (tertiary alicyclic amines) is 1. The molecule has 4 rings (SSSR count). The lowest BCUT2D eigenvalue weighted by Gasteiger charge is -2.20. The molecule has 2 aromatic heterocycles. The van der Waals surface area contributed by atoms with Crippen molar-refractivity contribution in [2.75, 3.05) is 13.1 Å². The maximum Gasteiger partial charge on any atom is 0.235 e. The molecule has 0 unspecified atom stereocenters. The van der Waals surface area contributed by atoms with Gasteiger partial charge in [-0.25, -0.2) is 0 Å². The molecule has 3 aromatic rings. The van der Waals surface area contributed by atoms with Gasteiger partial charge in [0.15, 0.2) is 11.0 Å². The smallest absolute Gasteiger partial charge is 0.235 e. The Bertz CT molecular complexity index is 1010. The highest BCUT2D eigenvalue weighted by atomic mass is 32.2. The zero-order valence-electron chi connectivity index (χ0n) is 17.0. The van der Waals surface area contributed by atoms with Gasteiger partial charge in [0, 0.05) is 31.0 Å². The number of aromatic nitrogens is 4. The average molecular weight is 408 g/mol. The molecule has 7 heteroatoms. The lowest BCUT2D eigenvalue weighted by atomic mass is 10.1. The van der Waals surface area contributed by atoms with Gasteiger partial charge in [0.05, 0.1) is 10.9 Å². The number of carbonyl (C=O) groups excluding carboxylic acids is 1. The largest absolute Gasteiger partial charge is 0.342 e. The van der Waals surface area contributed by atoms with Gasteiger partial charge < -0.3 is 4.90 Å². The van der Waals surface area contributed by atoms with Crippen LogP contribution >= 0.6 is 11.8 Å². The van der Waals surface area contributed by atoms with Crippen molar-refractivity contribution in [2.24, 2.45) is 0 Å². The molecule has 1 aliphatic heterocycles. The van der Waals surface area contributed by atoms with Crippen LogP contribution in [-0.4, -0.2) is 48.9 Å². The Morgan fingerprint density at radius 2 is 1.93 bits per heavy atom. The summed E-state index contributed by atoms with van der Waals surface area (Å²) in [6.45, 7) is 7.83. The molecular weight excluding hydrogens is 382 g/mol. The molecule has 1 atom stereocenters. The topological polar surface area (TPSA) is 63.9 Å². The number of carbonyl (C=O) groups is 1. The van der Waals surface area contributed by atoms with Crippen molar-refractivity contribution in [3.63, 3.8) is 0 Å². The van der Waals surface area contributed by atoms with Gasteiger partial charge in [-0.05, 0) is 57.4 Å². The Morgan fingerprint density at radius 3 is 2.62 bits per heavy atom. The predicted molar refractivity (Wildman–Crippen MR) is 115 cm³/mol. The predicted octanol–water partition coefficient (Wildman–Crippen LogP) is 4.05. The molecule has 0 radical (unpaired) electrons. The van der Waals surface area contributed by atoms with Gasteiger partial charge in [-0.1, -0.05) is 29.5 Å². The molecule has 3 heterocycles. The minimum atomic E-state index is -0.219. The Balaban J connectivity index is 1.74. The molecule has 0 aliphatic carbocycles. The molecule has 29 heavy (non-hydrogen) atoms. The van der Waals surface area contributed by atoms with Crippen LogP contribution in [0.1, 0.15) is 30.9 Å². The van der Waals surface area contributed by atoms with Crippen LogP contribution < -0.4 is 0 Å². The first-order chi connectivity index (χ1) is 14.0. The van der Waals surface area contributed by atoms with Crippen molar-refractivity contribution in [1.29, 1.82) is 0 Å². The number of nitrogens with zero attached hydrogens (tertiary/aromatic N) is 5. The van der Waals surface area contributed by atoms with Gasteiger partial charge in [-0.15, -0.1) is 10.2 Å². The van der Waals surface area contributed by atoms with Gasteiger partial charge in [-0.2, -0.15) is 0 Å². The maximum absolute atomic E-state index is 12.8. The van der Waals surface area contributed by atoms with Crippen LogP contribution in [0, 0.1) is 13.8 Å². The molecule has 1 aliphatic rings. The van der Waals surface area contributed by atoms with Crippen LogP contribution in [0.4, 0.5) is 0 Å². The van der Waals surface area contributed by atoms with Gasteiger partial charge >= 0.3 is 0 Å². The number of hydrogen-bond donors (Lipinski definition) is 0. The van der Waals surface area contributed by atoms with Crippen LogP contribution in [0.25, 0.3) is 17.1 Å². The fraction of sp³-hybridized carbons (Fsp3) is 0.364. The number of aryl methyl sites for hydroxylation is 2. The summed E-state index contributed by atoms with van der Waals surface area (Å²) < 4.78 is 2.05. The van der Waals surface area contributed by atoms with Crippen LogP contribution in [0.3, 0.4) is 0 Å². The molecule has 1 fully saturated rings. The van der Waals surface area contributed by atoms with Gasteiger partial charge in [0.2, 0.25) is 5.91 Å². The standard InChI is InChI=1S/C22H25N5OS/c1-15-8-9-19(16(2)13-15)27-20(18-7-6-10-23-14-18)24-25-22(27)29-17(3)21(28)26-11-4-5-12-26/h6-10,13-14,17H,4-5,11-12H2,1-3H3/t17-/m1/s1. The number of benzene rings is 1. The van der Waals surface area contributed by atoms with E-state index < -0.39 is 0 Å². The van der Waals surface area contributed by atoms with E-state index in [1.165, 1.54) is 17.3 Å². The third kappa shape index (κ3) is 4.05. The molecule has 1 aromatic carbocycles. The normalized spacial score (nSPS) is 14.9. The second-order valence-corrected chi connectivity index (χ2v) is 8.77. The average Bonchev–Trinajstić information content (AvgIpc) is 3.39. The summed E-state index contributed by atoms with van der Waals surface area (Å²) in [4.78, 5) is 19.0. The van der Waals surface area contributed by atoms with E-state index in [2.05, 4.69) is 47.2 Å². The lowest BCUT2D eigenvalue weighted by molar-refractivity contribution is -0.129. The van der Waals surface area contributed by atoms with Crippen molar-refractivity contribution in [3.05, 3.63) is 53.9 Å². The van der Waals surface area contributed by atoms with Crippen LogP contribution in [0.2, 0.25) is 0 Å². The van der Waals surface area contributed by atoms with Crippen LogP contribution in [0.5, 0.6) is 0 Å². The number of amides is 1. The quantitative estimate of drug-likeness (QED) is 0.597. The number of thioether (sulfide) groups is 1. The zero-order valence-corrected chi connectivity index (χ0v) is 17.8. The summed E-state index contributed by atoms with van der Waals surface area (Å²) in [5.74, 6) is 0.902. The Hall–Kier alpha value is -2.67. The highest BCUT2D eigenvalue weighted by Gasteiger charge is 2.27. The molecule has 0 bridgehead atoms. The van der Waals surface area contributed by atoms with E-state index in [1.807, 2.05) is 28.5 Å². The second-order valence-electron chi connectivity index (χ2n) is 7.47. The van der Waals surface area contributed by atoms with E-state index >= 15 is 0 Å². The monoisotopic (exact) mass is 407 g/mol. The van der Waals surface area contributed by atoms with Crippen molar-refractivity contribution in [3.8, 4) is 17.1 Å². The third-order valence-electron chi connectivity index (χ3n) is 5.19. The summed E-state index contributed by atoms with van der Waals surface area (Å²) >= 11 is 1.47. The highest BCUT2D eigenvalue weighted by Crippen LogP contribution is 2.32. The fourth-order valence-corrected chi connectivity index (χ4v) is 4.65. The fourth-order valence-electron chi connectivity index (χ4n) is 3.70. The summed E-state index contributed by atoms with van der Waals surface area (Å²) in [5, 5.41) is 9.42. The molecule has 1 amide bonds. The highest BCUT2D eigenvalue weighted by molar-refractivity contribution is 8.00. The molecule has 6 nitrogen and oxygen atoms in total. The molecule has 0 spiro atoms. The van der Waals surface area contributed by atoms with Gasteiger partial charge in [-0.3, -0.25) is 14.3 Å². The molecule has 1 saturated heterocycles. The van der Waals surface area contributed by atoms with E-state index in [-0.39, 0.29) is 11.2 Å². The first-order valence-corrected chi connectivity index (χ1v) is 10.8. The second kappa shape index (κ2) is 8.37. The number of pyridine rings is 1. The Kier molecular flexibility index (Phi) is 5.67. The molecule has 0 N–H and O–H groups in total. The van der Waals surface area contributed by atoms with E-state index in [4.69, 9.17) is 0 Å². The van der Waals surface area contributed by atoms with E-state index in [9.17, 15) is 4.79 Å². The molecular formula is C22H25N5OS. The lowest BCUT2D eigenvalue weighted by Crippen LogP contribution is -2.34. The van der Waals surface area contributed by atoms with Gasteiger partial charge in [0.25, 0.3) is 0 Å².